The Bertz CT molecular complexity index is 1620. The van der Waals surface area contributed by atoms with E-state index in [1.54, 1.807) is 24.3 Å². The van der Waals surface area contributed by atoms with E-state index in [1.807, 2.05) is 31.7 Å². The van der Waals surface area contributed by atoms with Crippen LogP contribution in [0.25, 0.3) is 5.57 Å². The maximum atomic E-state index is 14.4. The van der Waals surface area contributed by atoms with E-state index in [4.69, 9.17) is 9.47 Å². The van der Waals surface area contributed by atoms with Crippen molar-refractivity contribution in [1.82, 2.24) is 20.2 Å². The van der Waals surface area contributed by atoms with Gasteiger partial charge in [0.05, 0.1) is 23.7 Å². The normalized spacial score (nSPS) is 21.5. The van der Waals surface area contributed by atoms with E-state index < -0.39 is 16.1 Å². The summed E-state index contributed by atoms with van der Waals surface area (Å²) in [6, 6.07) is 7.18. The molecular weight excluding hydrogens is 606 g/mol. The molecule has 11 nitrogen and oxygen atoms in total. The van der Waals surface area contributed by atoms with Gasteiger partial charge in [-0.2, -0.15) is 4.98 Å². The van der Waals surface area contributed by atoms with E-state index in [1.165, 1.54) is 19.2 Å². The fourth-order valence-electron chi connectivity index (χ4n) is 6.25. The van der Waals surface area contributed by atoms with Gasteiger partial charge >= 0.3 is 6.09 Å². The molecule has 4 bridgehead atoms. The summed E-state index contributed by atoms with van der Waals surface area (Å²) < 4.78 is 40.9. The highest BCUT2D eigenvalue weighted by Crippen LogP contribution is 2.32. The minimum Gasteiger partial charge on any atom is -0.475 e. The highest BCUT2D eigenvalue weighted by atomic mass is 32.2. The first-order chi connectivity index (χ1) is 21.8. The lowest BCUT2D eigenvalue weighted by Gasteiger charge is -2.42. The molecule has 1 aliphatic carbocycles. The van der Waals surface area contributed by atoms with Crippen LogP contribution in [0.4, 0.5) is 10.7 Å². The van der Waals surface area contributed by atoms with Crippen LogP contribution in [-0.4, -0.2) is 67.1 Å². The van der Waals surface area contributed by atoms with Crippen LogP contribution >= 0.6 is 0 Å². The minimum atomic E-state index is -4.17. The van der Waals surface area contributed by atoms with Crippen molar-refractivity contribution < 1.29 is 27.5 Å². The molecule has 2 heterocycles. The second kappa shape index (κ2) is 14.9. The predicted molar refractivity (Wildman–Crippen MR) is 178 cm³/mol. The number of amides is 2. The number of carbonyl (C=O) groups is 2. The number of nitrogens with one attached hydrogen (secondary N) is 2. The maximum absolute atomic E-state index is 14.4. The van der Waals surface area contributed by atoms with Gasteiger partial charge < -0.3 is 19.7 Å². The number of aromatic nitrogens is 2. The van der Waals surface area contributed by atoms with Crippen molar-refractivity contribution in [1.29, 1.82) is 0 Å². The molecule has 0 radical (unpaired) electrons. The quantitative estimate of drug-likeness (QED) is 0.342. The van der Waals surface area contributed by atoms with Crippen molar-refractivity contribution in [2.24, 2.45) is 5.92 Å². The Labute approximate surface area is 272 Å². The van der Waals surface area contributed by atoms with E-state index in [2.05, 4.69) is 40.4 Å². The number of rotatable bonds is 7. The van der Waals surface area contributed by atoms with Crippen LogP contribution in [0.3, 0.4) is 0 Å². The number of allylic oxidation sites excluding steroid dienone is 5. The third kappa shape index (κ3) is 8.34. The summed E-state index contributed by atoms with van der Waals surface area (Å²) in [5, 5.41) is 2.87. The predicted octanol–water partition coefficient (Wildman–Crippen LogP) is 6.12. The molecule has 1 atom stereocenters. The van der Waals surface area contributed by atoms with Crippen molar-refractivity contribution in [3.05, 3.63) is 71.5 Å². The fourth-order valence-corrected chi connectivity index (χ4v) is 7.24. The van der Waals surface area contributed by atoms with E-state index >= 15 is 0 Å². The zero-order valence-corrected chi connectivity index (χ0v) is 28.3. The highest BCUT2D eigenvalue weighted by molar-refractivity contribution is 7.92. The Kier molecular flexibility index (Phi) is 11.3. The lowest BCUT2D eigenvalue weighted by atomic mass is 9.88. The first-order valence-electron chi connectivity index (χ1n) is 15.6. The molecular formula is C34H45N5O6S. The van der Waals surface area contributed by atoms with Crippen LogP contribution in [0.2, 0.25) is 0 Å². The van der Waals surface area contributed by atoms with Gasteiger partial charge in [-0.15, -0.1) is 0 Å². The zero-order valence-electron chi connectivity index (χ0n) is 27.5. The second-order valence-electron chi connectivity index (χ2n) is 12.5. The van der Waals surface area contributed by atoms with Crippen LogP contribution in [0.15, 0.2) is 65.1 Å². The number of anilines is 1. The first-order valence-corrected chi connectivity index (χ1v) is 17.1. The molecule has 248 valence electrons. The van der Waals surface area contributed by atoms with E-state index in [0.717, 1.165) is 16.7 Å². The molecule has 1 fully saturated rings. The van der Waals surface area contributed by atoms with Crippen molar-refractivity contribution >= 4 is 33.5 Å². The second-order valence-corrected chi connectivity index (χ2v) is 14.1. The fraction of sp³-hybridized carbons (Fsp3) is 0.471. The van der Waals surface area contributed by atoms with Crippen molar-refractivity contribution in [3.63, 3.8) is 0 Å². The summed E-state index contributed by atoms with van der Waals surface area (Å²) in [4.78, 5) is 37.1. The SMILES string of the molecule is C=C/C=C(/C)C(=C(C)C)c1cc2nc(n1)NS(=O)(=O)c1cccc(c1)C(=O)N(C1CCC(NC(=O)OC)CC1)[C@H](CC(C)C)CO2. The number of nitrogens with zero attached hydrogens (tertiary/aromatic N) is 3. The largest absolute Gasteiger partial charge is 0.475 e. The first kappa shape index (κ1) is 34.7. The Morgan fingerprint density at radius 3 is 2.52 bits per heavy atom. The van der Waals surface area contributed by atoms with Gasteiger partial charge in [-0.25, -0.2) is 22.9 Å². The van der Waals surface area contributed by atoms with Crippen LogP contribution in [0.1, 0.15) is 82.8 Å². The number of benzene rings is 1. The highest BCUT2D eigenvalue weighted by Gasteiger charge is 2.36. The average Bonchev–Trinajstić information content (AvgIpc) is 3.00. The van der Waals surface area contributed by atoms with Gasteiger partial charge in [-0.1, -0.05) is 44.2 Å². The lowest BCUT2D eigenvalue weighted by molar-refractivity contribution is 0.0353. The molecule has 0 unspecified atom stereocenters. The topological polar surface area (TPSA) is 140 Å². The van der Waals surface area contributed by atoms with Gasteiger partial charge in [0.25, 0.3) is 15.9 Å². The molecule has 12 heteroatoms. The Morgan fingerprint density at radius 2 is 1.89 bits per heavy atom. The number of ether oxygens (including phenoxy) is 2. The molecule has 1 aromatic heterocycles. The summed E-state index contributed by atoms with van der Waals surface area (Å²) >= 11 is 0. The molecule has 0 spiro atoms. The van der Waals surface area contributed by atoms with Crippen LogP contribution in [0.5, 0.6) is 5.88 Å². The number of sulfonamides is 1. The van der Waals surface area contributed by atoms with Crippen LogP contribution in [-0.2, 0) is 14.8 Å². The third-order valence-electron chi connectivity index (χ3n) is 8.23. The van der Waals surface area contributed by atoms with Crippen molar-refractivity contribution in [2.45, 2.75) is 89.7 Å². The van der Waals surface area contributed by atoms with Gasteiger partial charge in [0.2, 0.25) is 11.8 Å². The number of hydrogen-bond donors (Lipinski definition) is 2. The molecule has 2 N–H and O–H groups in total. The average molecular weight is 652 g/mol. The molecule has 2 amide bonds. The number of alkyl carbamates (subject to hydrolysis) is 1. The van der Waals surface area contributed by atoms with Gasteiger partial charge in [-0.05, 0) is 82.6 Å². The number of hydrogen-bond acceptors (Lipinski definition) is 8. The molecule has 4 rings (SSSR count). The molecule has 1 aromatic carbocycles. The van der Waals surface area contributed by atoms with Gasteiger partial charge in [-0.3, -0.25) is 4.79 Å². The third-order valence-corrected chi connectivity index (χ3v) is 9.56. The summed E-state index contributed by atoms with van der Waals surface area (Å²) in [5.41, 5.74) is 3.42. The van der Waals surface area contributed by atoms with Gasteiger partial charge in [0, 0.05) is 29.3 Å². The van der Waals surface area contributed by atoms with E-state index in [0.29, 0.717) is 37.8 Å². The molecule has 2 aromatic rings. The standard InChI is InChI=1S/C34H45N5O6S/c1-8-10-23(6)31(22(4)5)29-19-30-37-33(36-29)38-46(42,43)28-12-9-11-24(18-28)32(40)39(27(20-45-30)17-21(2)3)26-15-13-25(14-16-26)35-34(41)44-7/h8-12,18-19,21,25-27H,1,13-17,20H2,2-7H3,(H,35,41)(H,36,37,38)/b23-10-/t25?,26?,27-/m1/s1. The monoisotopic (exact) mass is 651 g/mol. The summed E-state index contributed by atoms with van der Waals surface area (Å²) in [6.45, 7) is 14.0. The molecule has 2 aliphatic rings. The van der Waals surface area contributed by atoms with Gasteiger partial charge in [0.15, 0.2) is 0 Å². The zero-order chi connectivity index (χ0) is 33.6. The van der Waals surface area contributed by atoms with Crippen LogP contribution < -0.4 is 14.8 Å². The molecule has 1 saturated carbocycles. The smallest absolute Gasteiger partial charge is 0.407 e. The lowest BCUT2D eigenvalue weighted by Crippen LogP contribution is -2.52. The molecule has 0 saturated heterocycles. The number of fused-ring (bicyclic) bond motifs is 4. The summed E-state index contributed by atoms with van der Waals surface area (Å²) in [7, 11) is -2.84. The minimum absolute atomic E-state index is 0.0603. The summed E-state index contributed by atoms with van der Waals surface area (Å²) in [5.74, 6) is 0.00414. The maximum Gasteiger partial charge on any atom is 0.407 e. The van der Waals surface area contributed by atoms with Crippen LogP contribution in [0, 0.1) is 5.92 Å². The summed E-state index contributed by atoms with van der Waals surface area (Å²) in [6.07, 6.45) is 6.34. The Balaban J connectivity index is 1.83. The Morgan fingerprint density at radius 1 is 1.17 bits per heavy atom. The van der Waals surface area contributed by atoms with E-state index in [-0.39, 0.29) is 58.8 Å². The number of carbonyl (C=O) groups excluding carboxylic acids is 2. The van der Waals surface area contributed by atoms with Gasteiger partial charge in [0.1, 0.15) is 6.61 Å². The molecule has 46 heavy (non-hydrogen) atoms. The van der Waals surface area contributed by atoms with E-state index in [9.17, 15) is 18.0 Å². The molecule has 1 aliphatic heterocycles. The van der Waals surface area contributed by atoms with Crippen molar-refractivity contribution in [2.75, 3.05) is 18.4 Å². The number of methoxy groups -OCH3 is 1. The van der Waals surface area contributed by atoms with Crippen molar-refractivity contribution in [3.8, 4) is 5.88 Å². The Hall–Kier alpha value is -4.19.